The summed E-state index contributed by atoms with van der Waals surface area (Å²) < 4.78 is 9.53. The Hall–Kier alpha value is -2.44. The van der Waals surface area contributed by atoms with E-state index in [0.717, 1.165) is 0 Å². The van der Waals surface area contributed by atoms with Gasteiger partial charge < -0.3 is 14.2 Å². The van der Waals surface area contributed by atoms with Crippen molar-refractivity contribution in [2.75, 3.05) is 14.2 Å². The van der Waals surface area contributed by atoms with E-state index >= 15 is 0 Å². The zero-order valence-electron chi connectivity index (χ0n) is 10.0. The molecule has 94 valence electrons. The van der Waals surface area contributed by atoms with E-state index in [1.165, 1.54) is 24.6 Å². The van der Waals surface area contributed by atoms with Crippen LogP contribution in [0.25, 0.3) is 0 Å². The average molecular weight is 248 g/mol. The highest BCUT2D eigenvalue weighted by Crippen LogP contribution is 2.09. The highest BCUT2D eigenvalue weighted by molar-refractivity contribution is 5.93. The number of carbonyl (C=O) groups excluding carboxylic acids is 1. The minimum absolute atomic E-state index is 0.171. The Kier molecular flexibility index (Phi) is 3.52. The molecule has 0 unspecified atom stereocenters. The Balaban J connectivity index is 2.05. The van der Waals surface area contributed by atoms with Gasteiger partial charge in [0.15, 0.2) is 5.82 Å². The van der Waals surface area contributed by atoms with Gasteiger partial charge >= 0.3 is 0 Å². The summed E-state index contributed by atoms with van der Waals surface area (Å²) in [5, 5.41) is 3.64. The Labute approximate surface area is 103 Å². The van der Waals surface area contributed by atoms with Crippen molar-refractivity contribution in [2.45, 2.75) is 6.54 Å². The van der Waals surface area contributed by atoms with Gasteiger partial charge in [0.1, 0.15) is 0 Å². The van der Waals surface area contributed by atoms with Crippen LogP contribution in [0.2, 0.25) is 0 Å². The van der Waals surface area contributed by atoms with Gasteiger partial charge in [-0.1, -0.05) is 5.16 Å². The third-order valence-electron chi connectivity index (χ3n) is 2.32. The second-order valence-corrected chi connectivity index (χ2v) is 3.60. The number of nitrogens with zero attached hydrogens (tertiary/aromatic N) is 4. The number of carbonyl (C=O) groups is 1. The summed E-state index contributed by atoms with van der Waals surface area (Å²) in [4.78, 5) is 21.3. The lowest BCUT2D eigenvalue weighted by molar-refractivity contribution is 0.0780. The first-order chi connectivity index (χ1) is 8.70. The van der Waals surface area contributed by atoms with Crippen LogP contribution in [-0.2, 0) is 6.54 Å². The molecule has 7 nitrogen and oxygen atoms in total. The van der Waals surface area contributed by atoms with Crippen LogP contribution in [-0.4, -0.2) is 40.1 Å². The van der Waals surface area contributed by atoms with Crippen molar-refractivity contribution in [2.24, 2.45) is 0 Å². The van der Waals surface area contributed by atoms with Gasteiger partial charge in [-0.2, -0.15) is 4.98 Å². The van der Waals surface area contributed by atoms with Gasteiger partial charge in [-0.05, 0) is 6.07 Å². The molecule has 2 aromatic rings. The van der Waals surface area contributed by atoms with Crippen LogP contribution >= 0.6 is 0 Å². The standard InChI is InChI=1S/C11H12N4O3/c1-15(6-9-13-7-18-14-9)11(16)8-3-4-10(17-2)12-5-8/h3-5,7H,6H2,1-2H3. The van der Waals surface area contributed by atoms with E-state index in [1.54, 1.807) is 19.2 Å². The number of amides is 1. The van der Waals surface area contributed by atoms with Gasteiger partial charge in [-0.15, -0.1) is 0 Å². The lowest BCUT2D eigenvalue weighted by Crippen LogP contribution is -2.26. The smallest absolute Gasteiger partial charge is 0.255 e. The highest BCUT2D eigenvalue weighted by Gasteiger charge is 2.14. The second-order valence-electron chi connectivity index (χ2n) is 3.60. The summed E-state index contributed by atoms with van der Waals surface area (Å²) >= 11 is 0. The summed E-state index contributed by atoms with van der Waals surface area (Å²) in [6.45, 7) is 0.279. The normalized spacial score (nSPS) is 10.1. The molecule has 0 bridgehead atoms. The van der Waals surface area contributed by atoms with Crippen LogP contribution < -0.4 is 4.74 Å². The van der Waals surface area contributed by atoms with E-state index in [0.29, 0.717) is 17.3 Å². The minimum Gasteiger partial charge on any atom is -0.481 e. The fraction of sp³-hybridized carbons (Fsp3) is 0.273. The van der Waals surface area contributed by atoms with Crippen molar-refractivity contribution in [3.05, 3.63) is 36.1 Å². The number of rotatable bonds is 4. The number of ether oxygens (including phenoxy) is 1. The summed E-state index contributed by atoms with van der Waals surface area (Å²) in [6, 6.07) is 3.29. The van der Waals surface area contributed by atoms with Gasteiger partial charge in [0.25, 0.3) is 5.91 Å². The van der Waals surface area contributed by atoms with Crippen LogP contribution in [0.15, 0.2) is 29.2 Å². The van der Waals surface area contributed by atoms with Crippen LogP contribution in [0.1, 0.15) is 16.2 Å². The zero-order chi connectivity index (χ0) is 13.0. The van der Waals surface area contributed by atoms with E-state index < -0.39 is 0 Å². The molecule has 0 atom stereocenters. The maximum atomic E-state index is 12.0. The molecule has 0 saturated heterocycles. The van der Waals surface area contributed by atoms with Gasteiger partial charge in [-0.3, -0.25) is 4.79 Å². The Morgan fingerprint density at radius 1 is 1.44 bits per heavy atom. The Bertz CT molecular complexity index is 510. The number of hydrogen-bond donors (Lipinski definition) is 0. The molecule has 0 aliphatic rings. The van der Waals surface area contributed by atoms with Crippen molar-refractivity contribution in [3.63, 3.8) is 0 Å². The van der Waals surface area contributed by atoms with E-state index in [9.17, 15) is 4.79 Å². The summed E-state index contributed by atoms with van der Waals surface area (Å²) in [5.74, 6) is 0.745. The van der Waals surface area contributed by atoms with Crippen molar-refractivity contribution in [3.8, 4) is 5.88 Å². The number of aromatic nitrogens is 3. The first-order valence-corrected chi connectivity index (χ1v) is 5.21. The molecule has 0 spiro atoms. The van der Waals surface area contributed by atoms with Crippen molar-refractivity contribution < 1.29 is 14.1 Å². The predicted molar refractivity (Wildman–Crippen MR) is 60.9 cm³/mol. The summed E-state index contributed by atoms with van der Waals surface area (Å²) in [5.41, 5.74) is 0.474. The van der Waals surface area contributed by atoms with Gasteiger partial charge in [0.05, 0.1) is 19.2 Å². The first-order valence-electron chi connectivity index (χ1n) is 5.21. The average Bonchev–Trinajstić information content (AvgIpc) is 2.91. The lowest BCUT2D eigenvalue weighted by atomic mass is 10.2. The van der Waals surface area contributed by atoms with Gasteiger partial charge in [0.2, 0.25) is 12.3 Å². The van der Waals surface area contributed by atoms with Gasteiger partial charge in [-0.25, -0.2) is 4.98 Å². The zero-order valence-corrected chi connectivity index (χ0v) is 10.0. The SMILES string of the molecule is COc1ccc(C(=O)N(C)Cc2ncon2)cn1. The molecule has 0 aliphatic carbocycles. The van der Waals surface area contributed by atoms with Crippen LogP contribution in [0.3, 0.4) is 0 Å². The molecule has 2 rings (SSSR count). The van der Waals surface area contributed by atoms with E-state index in [4.69, 9.17) is 4.74 Å². The van der Waals surface area contributed by atoms with Crippen molar-refractivity contribution in [1.29, 1.82) is 0 Å². The van der Waals surface area contributed by atoms with Gasteiger partial charge in [0, 0.05) is 19.3 Å². The largest absolute Gasteiger partial charge is 0.481 e. The fourth-order valence-electron chi connectivity index (χ4n) is 1.39. The monoisotopic (exact) mass is 248 g/mol. The molecule has 2 aromatic heterocycles. The quantitative estimate of drug-likeness (QED) is 0.794. The number of pyridine rings is 1. The third-order valence-corrected chi connectivity index (χ3v) is 2.32. The Morgan fingerprint density at radius 3 is 2.83 bits per heavy atom. The molecule has 0 saturated carbocycles. The van der Waals surface area contributed by atoms with Crippen molar-refractivity contribution >= 4 is 5.91 Å². The molecule has 2 heterocycles. The summed E-state index contributed by atoms with van der Waals surface area (Å²) in [7, 11) is 3.18. The van der Waals surface area contributed by atoms with Crippen LogP contribution in [0.4, 0.5) is 0 Å². The first kappa shape index (κ1) is 12.0. The summed E-state index contributed by atoms with van der Waals surface area (Å²) in [6.07, 6.45) is 2.69. The Morgan fingerprint density at radius 2 is 2.28 bits per heavy atom. The number of hydrogen-bond acceptors (Lipinski definition) is 6. The maximum absolute atomic E-state index is 12.0. The lowest BCUT2D eigenvalue weighted by Gasteiger charge is -2.14. The second kappa shape index (κ2) is 5.26. The molecule has 0 N–H and O–H groups in total. The highest BCUT2D eigenvalue weighted by atomic mass is 16.5. The van der Waals surface area contributed by atoms with Crippen molar-refractivity contribution in [1.82, 2.24) is 20.0 Å². The topological polar surface area (TPSA) is 81.4 Å². The third kappa shape index (κ3) is 2.62. The number of methoxy groups -OCH3 is 1. The van der Waals surface area contributed by atoms with Crippen LogP contribution in [0, 0.1) is 0 Å². The molecule has 1 amide bonds. The molecular formula is C11H12N4O3. The molecule has 0 aliphatic heterocycles. The minimum atomic E-state index is -0.171. The molecular weight excluding hydrogens is 236 g/mol. The predicted octanol–water partition coefficient (Wildman–Crippen LogP) is 0.745. The van der Waals surface area contributed by atoms with E-state index in [2.05, 4.69) is 19.6 Å². The van der Waals surface area contributed by atoms with Crippen LogP contribution in [0.5, 0.6) is 5.88 Å². The fourth-order valence-corrected chi connectivity index (χ4v) is 1.39. The van der Waals surface area contributed by atoms with E-state index in [1.807, 2.05) is 0 Å². The maximum Gasteiger partial charge on any atom is 0.255 e. The molecule has 0 fully saturated rings. The molecule has 18 heavy (non-hydrogen) atoms. The molecule has 7 heteroatoms. The molecule has 0 radical (unpaired) electrons. The van der Waals surface area contributed by atoms with E-state index in [-0.39, 0.29) is 12.5 Å². The molecule has 0 aromatic carbocycles.